The van der Waals surface area contributed by atoms with E-state index in [-0.39, 0.29) is 11.8 Å². The van der Waals surface area contributed by atoms with Gasteiger partial charge in [0.15, 0.2) is 0 Å². The molecule has 1 heterocycles. The molecule has 1 aliphatic heterocycles. The highest BCUT2D eigenvalue weighted by molar-refractivity contribution is 7.92. The fourth-order valence-electron chi connectivity index (χ4n) is 3.09. The van der Waals surface area contributed by atoms with Gasteiger partial charge in [0.2, 0.25) is 15.9 Å². The summed E-state index contributed by atoms with van der Waals surface area (Å²) in [7, 11) is -3.44. The number of sulfonamides is 1. The molecule has 1 fully saturated rings. The highest BCUT2D eigenvalue weighted by atomic mass is 32.2. The number of benzene rings is 1. The molecule has 0 unspecified atom stereocenters. The average Bonchev–Trinajstić information content (AvgIpc) is 2.67. The lowest BCUT2D eigenvalue weighted by Crippen LogP contribution is -2.42. The van der Waals surface area contributed by atoms with E-state index in [1.165, 1.54) is 22.6 Å². The number of hydrogen-bond donors (Lipinski definition) is 1. The van der Waals surface area contributed by atoms with E-state index in [9.17, 15) is 13.2 Å². The monoisotopic (exact) mass is 378 g/mol. The molecule has 5 nitrogen and oxygen atoms in total. The minimum atomic E-state index is -3.44. The average molecular weight is 379 g/mol. The minimum Gasteiger partial charge on any atom is -0.356 e. The number of carbonyl (C=O) groups excluding carboxylic acids is 1. The fraction of sp³-hybridized carbons (Fsp3) is 0.550. The Labute approximate surface area is 157 Å². The molecule has 26 heavy (non-hydrogen) atoms. The summed E-state index contributed by atoms with van der Waals surface area (Å²) in [5, 5.41) is 4.25. The first-order valence-electron chi connectivity index (χ1n) is 9.54. The van der Waals surface area contributed by atoms with Crippen LogP contribution in [0.3, 0.4) is 0 Å². The third-order valence-electron chi connectivity index (χ3n) is 4.75. The Bertz CT molecular complexity index is 678. The van der Waals surface area contributed by atoms with E-state index in [1.807, 2.05) is 30.3 Å². The third-order valence-corrected chi connectivity index (χ3v) is 6.31. The van der Waals surface area contributed by atoms with Crippen molar-refractivity contribution in [3.63, 3.8) is 0 Å². The van der Waals surface area contributed by atoms with Crippen LogP contribution in [0.4, 0.5) is 0 Å². The zero-order valence-corrected chi connectivity index (χ0v) is 16.4. The molecule has 1 saturated heterocycles. The number of nitrogens with zero attached hydrogens (tertiary/aromatic N) is 1. The lowest BCUT2D eigenvalue weighted by molar-refractivity contribution is -0.126. The Morgan fingerprint density at radius 1 is 1.15 bits per heavy atom. The Morgan fingerprint density at radius 3 is 2.50 bits per heavy atom. The number of nitrogens with one attached hydrogen (secondary N) is 1. The number of piperidine rings is 1. The van der Waals surface area contributed by atoms with E-state index >= 15 is 0 Å². The van der Waals surface area contributed by atoms with Crippen molar-refractivity contribution >= 4 is 22.0 Å². The van der Waals surface area contributed by atoms with Crippen molar-refractivity contribution in [2.45, 2.75) is 45.4 Å². The normalized spacial score (nSPS) is 16.8. The van der Waals surface area contributed by atoms with Gasteiger partial charge in [0.1, 0.15) is 0 Å². The molecule has 0 saturated carbocycles. The van der Waals surface area contributed by atoms with Crippen LogP contribution in [0.5, 0.6) is 0 Å². The maximum absolute atomic E-state index is 12.4. The number of rotatable bonds is 9. The van der Waals surface area contributed by atoms with E-state index in [2.05, 4.69) is 12.2 Å². The summed E-state index contributed by atoms with van der Waals surface area (Å²) in [6.45, 7) is 3.68. The van der Waals surface area contributed by atoms with E-state index in [4.69, 9.17) is 0 Å². The first kappa shape index (κ1) is 20.6. The van der Waals surface area contributed by atoms with Gasteiger partial charge in [0, 0.05) is 31.0 Å². The van der Waals surface area contributed by atoms with Crippen molar-refractivity contribution in [1.29, 1.82) is 0 Å². The Morgan fingerprint density at radius 2 is 1.85 bits per heavy atom. The number of carbonyl (C=O) groups is 1. The van der Waals surface area contributed by atoms with Crippen LogP contribution < -0.4 is 5.32 Å². The van der Waals surface area contributed by atoms with Crippen LogP contribution in [0.15, 0.2) is 35.7 Å². The van der Waals surface area contributed by atoms with Gasteiger partial charge in [0.25, 0.3) is 0 Å². The molecule has 1 aliphatic rings. The second-order valence-corrected chi connectivity index (χ2v) is 8.60. The van der Waals surface area contributed by atoms with Crippen molar-refractivity contribution in [3.05, 3.63) is 41.3 Å². The second-order valence-electron chi connectivity index (χ2n) is 6.78. The van der Waals surface area contributed by atoms with Crippen molar-refractivity contribution in [2.24, 2.45) is 5.92 Å². The Balaban J connectivity index is 1.78. The molecule has 1 amide bonds. The van der Waals surface area contributed by atoms with Crippen LogP contribution in [0.1, 0.15) is 51.0 Å². The predicted molar refractivity (Wildman–Crippen MR) is 106 cm³/mol. The fourth-order valence-corrected chi connectivity index (χ4v) is 4.32. The molecule has 0 radical (unpaired) electrons. The van der Waals surface area contributed by atoms with Crippen LogP contribution in [0.25, 0.3) is 6.08 Å². The SMILES string of the molecule is CCCCCCNC(=O)C1CCN(S(=O)(=O)C=Cc2ccccc2)CC1. The van der Waals surface area contributed by atoms with Gasteiger partial charge in [-0.2, -0.15) is 4.31 Å². The Kier molecular flexibility index (Phi) is 8.32. The first-order chi connectivity index (χ1) is 12.5. The van der Waals surface area contributed by atoms with Gasteiger partial charge in [-0.05, 0) is 30.9 Å². The second kappa shape index (κ2) is 10.5. The standard InChI is InChI=1S/C20H30N2O3S/c1-2-3-4-8-14-21-20(23)19-11-15-22(16-12-19)26(24,25)17-13-18-9-6-5-7-10-18/h5-7,9-10,13,17,19H,2-4,8,11-12,14-16H2,1H3,(H,21,23). The smallest absolute Gasteiger partial charge is 0.236 e. The minimum absolute atomic E-state index is 0.0679. The molecule has 0 aromatic heterocycles. The third kappa shape index (κ3) is 6.57. The van der Waals surface area contributed by atoms with E-state index in [1.54, 1.807) is 6.08 Å². The summed E-state index contributed by atoms with van der Waals surface area (Å²) < 4.78 is 26.4. The topological polar surface area (TPSA) is 66.5 Å². The van der Waals surface area contributed by atoms with Gasteiger partial charge >= 0.3 is 0 Å². The molecule has 2 rings (SSSR count). The zero-order chi connectivity index (χ0) is 18.8. The first-order valence-corrected chi connectivity index (χ1v) is 11.0. The van der Waals surface area contributed by atoms with Gasteiger partial charge in [0.05, 0.1) is 0 Å². The zero-order valence-electron chi connectivity index (χ0n) is 15.6. The summed E-state index contributed by atoms with van der Waals surface area (Å²) in [6.07, 6.45) is 7.31. The van der Waals surface area contributed by atoms with Crippen LogP contribution in [0, 0.1) is 5.92 Å². The number of hydrogen-bond acceptors (Lipinski definition) is 3. The number of amides is 1. The summed E-state index contributed by atoms with van der Waals surface area (Å²) in [6, 6.07) is 9.37. The maximum Gasteiger partial charge on any atom is 0.236 e. The van der Waals surface area contributed by atoms with Gasteiger partial charge in [-0.25, -0.2) is 8.42 Å². The van der Waals surface area contributed by atoms with E-state index < -0.39 is 10.0 Å². The molecule has 0 aliphatic carbocycles. The lowest BCUT2D eigenvalue weighted by Gasteiger charge is -2.29. The highest BCUT2D eigenvalue weighted by Crippen LogP contribution is 2.21. The lowest BCUT2D eigenvalue weighted by atomic mass is 9.97. The number of unbranched alkanes of at least 4 members (excludes halogenated alkanes) is 3. The van der Waals surface area contributed by atoms with Crippen molar-refractivity contribution in [3.8, 4) is 0 Å². The van der Waals surface area contributed by atoms with Crippen molar-refractivity contribution < 1.29 is 13.2 Å². The van der Waals surface area contributed by atoms with Gasteiger partial charge in [-0.15, -0.1) is 0 Å². The maximum atomic E-state index is 12.4. The summed E-state index contributed by atoms with van der Waals surface area (Å²) in [5.41, 5.74) is 0.855. The highest BCUT2D eigenvalue weighted by Gasteiger charge is 2.29. The summed E-state index contributed by atoms with van der Waals surface area (Å²) in [5.74, 6) is -0.0101. The molecular formula is C20H30N2O3S. The molecule has 1 N–H and O–H groups in total. The predicted octanol–water partition coefficient (Wildman–Crippen LogP) is 3.40. The van der Waals surface area contributed by atoms with Gasteiger partial charge in [-0.3, -0.25) is 4.79 Å². The molecule has 0 bridgehead atoms. The van der Waals surface area contributed by atoms with Crippen LogP contribution in [-0.2, 0) is 14.8 Å². The molecule has 6 heteroatoms. The van der Waals surface area contributed by atoms with Crippen LogP contribution in [0.2, 0.25) is 0 Å². The van der Waals surface area contributed by atoms with Crippen LogP contribution >= 0.6 is 0 Å². The molecule has 144 valence electrons. The van der Waals surface area contributed by atoms with E-state index in [0.29, 0.717) is 25.9 Å². The van der Waals surface area contributed by atoms with Gasteiger partial charge in [-0.1, -0.05) is 56.5 Å². The quantitative estimate of drug-likeness (QED) is 0.670. The molecular weight excluding hydrogens is 348 g/mol. The van der Waals surface area contributed by atoms with Crippen molar-refractivity contribution in [1.82, 2.24) is 9.62 Å². The summed E-state index contributed by atoms with van der Waals surface area (Å²) >= 11 is 0. The van der Waals surface area contributed by atoms with E-state index in [0.717, 1.165) is 24.9 Å². The molecule has 0 atom stereocenters. The Hall–Kier alpha value is -1.66. The molecule has 1 aromatic carbocycles. The molecule has 0 spiro atoms. The van der Waals surface area contributed by atoms with Gasteiger partial charge < -0.3 is 5.32 Å². The van der Waals surface area contributed by atoms with Crippen molar-refractivity contribution in [2.75, 3.05) is 19.6 Å². The summed E-state index contributed by atoms with van der Waals surface area (Å²) in [4.78, 5) is 12.2. The molecule has 1 aromatic rings. The largest absolute Gasteiger partial charge is 0.356 e. The van der Waals surface area contributed by atoms with Crippen LogP contribution in [-0.4, -0.2) is 38.3 Å².